The van der Waals surface area contributed by atoms with Crippen LogP contribution in [0.1, 0.15) is 29.8 Å². The molecule has 1 fully saturated rings. The van der Waals surface area contributed by atoms with Gasteiger partial charge in [-0.3, -0.25) is 4.79 Å². The summed E-state index contributed by atoms with van der Waals surface area (Å²) in [7, 11) is 0. The minimum atomic E-state index is 0.101. The van der Waals surface area contributed by atoms with E-state index in [0.29, 0.717) is 11.2 Å². The molecule has 1 aromatic rings. The number of carbonyl (C=O) groups is 1. The Kier molecular flexibility index (Phi) is 4.50. The van der Waals surface area contributed by atoms with Crippen molar-refractivity contribution in [1.82, 2.24) is 10.3 Å². The van der Waals surface area contributed by atoms with Crippen LogP contribution in [-0.4, -0.2) is 28.4 Å². The maximum Gasteiger partial charge on any atom is 0.225 e. The number of aryl methyl sites for hydroxylation is 1. The van der Waals surface area contributed by atoms with Crippen molar-refractivity contribution in [3.05, 3.63) is 14.5 Å². The molecule has 1 aliphatic rings. The summed E-state index contributed by atoms with van der Waals surface area (Å²) in [5, 5.41) is 3.06. The zero-order valence-electron chi connectivity index (χ0n) is 10.7. The van der Waals surface area contributed by atoms with Gasteiger partial charge in [0.05, 0.1) is 6.42 Å². The van der Waals surface area contributed by atoms with Gasteiger partial charge in [-0.2, -0.15) is 11.8 Å². The van der Waals surface area contributed by atoms with Crippen LogP contribution in [0.15, 0.2) is 0 Å². The minimum absolute atomic E-state index is 0.101. The van der Waals surface area contributed by atoms with E-state index >= 15 is 0 Å². The van der Waals surface area contributed by atoms with Gasteiger partial charge in [-0.25, -0.2) is 0 Å². The quantitative estimate of drug-likeness (QED) is 0.822. The summed E-state index contributed by atoms with van der Waals surface area (Å²) in [6.07, 6.45) is 6.30. The van der Waals surface area contributed by atoms with Gasteiger partial charge in [-0.1, -0.05) is 6.42 Å². The molecule has 18 heavy (non-hydrogen) atoms. The van der Waals surface area contributed by atoms with Crippen molar-refractivity contribution in [2.45, 2.75) is 37.4 Å². The highest BCUT2D eigenvalue weighted by molar-refractivity contribution is 8.00. The van der Waals surface area contributed by atoms with Crippen LogP contribution in [0.3, 0.4) is 0 Å². The van der Waals surface area contributed by atoms with Crippen molar-refractivity contribution < 1.29 is 4.79 Å². The molecule has 1 heterocycles. The fourth-order valence-corrected chi connectivity index (χ4v) is 4.30. The van der Waals surface area contributed by atoms with Gasteiger partial charge in [-0.05, 0) is 38.2 Å². The van der Waals surface area contributed by atoms with E-state index in [4.69, 9.17) is 12.2 Å². The Labute approximate surface area is 121 Å². The zero-order chi connectivity index (χ0) is 13.2. The van der Waals surface area contributed by atoms with Crippen molar-refractivity contribution in [2.24, 2.45) is 0 Å². The maximum atomic E-state index is 11.9. The van der Waals surface area contributed by atoms with Crippen molar-refractivity contribution in [3.8, 4) is 0 Å². The number of amides is 1. The number of aromatic nitrogens is 1. The summed E-state index contributed by atoms with van der Waals surface area (Å²) in [6.45, 7) is 2.76. The Morgan fingerprint density at radius 2 is 2.33 bits per heavy atom. The lowest BCUT2D eigenvalue weighted by Crippen LogP contribution is -2.45. The Bertz CT molecular complexity index is 482. The van der Waals surface area contributed by atoms with E-state index < -0.39 is 0 Å². The smallest absolute Gasteiger partial charge is 0.225 e. The van der Waals surface area contributed by atoms with Crippen LogP contribution >= 0.6 is 35.3 Å². The van der Waals surface area contributed by atoms with Crippen LogP contribution in [0.25, 0.3) is 0 Å². The molecular weight excluding hydrogens is 284 g/mol. The Balaban J connectivity index is 1.85. The number of rotatable bonds is 5. The van der Waals surface area contributed by atoms with Gasteiger partial charge >= 0.3 is 0 Å². The van der Waals surface area contributed by atoms with E-state index in [1.807, 2.05) is 18.7 Å². The first-order valence-corrected chi connectivity index (χ1v) is 8.50. The highest BCUT2D eigenvalue weighted by atomic mass is 32.2. The number of thioether (sulfide) groups is 1. The van der Waals surface area contributed by atoms with Crippen LogP contribution in [0.2, 0.25) is 0 Å². The highest BCUT2D eigenvalue weighted by Gasteiger charge is 2.36. The average Bonchev–Trinajstić information content (AvgIpc) is 2.56. The molecule has 0 atom stereocenters. The molecule has 2 N–H and O–H groups in total. The number of nitrogens with one attached hydrogen (secondary N) is 2. The third-order valence-electron chi connectivity index (χ3n) is 3.55. The number of H-pyrrole nitrogens is 1. The Morgan fingerprint density at radius 3 is 2.78 bits per heavy atom. The largest absolute Gasteiger partial charge is 0.354 e. The van der Waals surface area contributed by atoms with Crippen molar-refractivity contribution in [3.63, 3.8) is 0 Å². The first-order chi connectivity index (χ1) is 8.54. The van der Waals surface area contributed by atoms with Gasteiger partial charge in [0.1, 0.15) is 0 Å². The number of thiazole rings is 1. The van der Waals surface area contributed by atoms with E-state index in [2.05, 4.69) is 16.6 Å². The molecule has 0 saturated heterocycles. The van der Waals surface area contributed by atoms with Crippen LogP contribution in [0, 0.1) is 10.9 Å². The van der Waals surface area contributed by atoms with Crippen LogP contribution in [0.4, 0.5) is 0 Å². The monoisotopic (exact) mass is 302 g/mol. The molecule has 0 bridgehead atoms. The zero-order valence-corrected chi connectivity index (χ0v) is 13.1. The Morgan fingerprint density at radius 1 is 1.61 bits per heavy atom. The number of aromatic amines is 1. The van der Waals surface area contributed by atoms with E-state index in [9.17, 15) is 4.79 Å². The van der Waals surface area contributed by atoms with Gasteiger partial charge in [0.15, 0.2) is 3.95 Å². The molecule has 0 radical (unpaired) electrons. The topological polar surface area (TPSA) is 44.9 Å². The molecule has 2 rings (SSSR count). The maximum absolute atomic E-state index is 11.9. The SMILES string of the molecule is CSC1(CNC(=O)Cc2sc(=S)[nH]c2C)CCC1. The second-order valence-electron chi connectivity index (χ2n) is 4.76. The molecule has 1 saturated carbocycles. The van der Waals surface area contributed by atoms with Crippen LogP contribution in [0.5, 0.6) is 0 Å². The molecule has 1 amide bonds. The summed E-state index contributed by atoms with van der Waals surface area (Å²) in [6, 6.07) is 0. The summed E-state index contributed by atoms with van der Waals surface area (Å²) < 4.78 is 1.05. The van der Waals surface area contributed by atoms with Gasteiger partial charge in [-0.15, -0.1) is 11.3 Å². The van der Waals surface area contributed by atoms with Gasteiger partial charge < -0.3 is 10.3 Å². The fraction of sp³-hybridized carbons (Fsp3) is 0.667. The number of hydrogen-bond donors (Lipinski definition) is 2. The van der Waals surface area contributed by atoms with Gasteiger partial charge in [0, 0.05) is 21.9 Å². The molecule has 3 nitrogen and oxygen atoms in total. The molecule has 0 aliphatic heterocycles. The molecule has 0 spiro atoms. The fourth-order valence-electron chi connectivity index (χ4n) is 2.10. The van der Waals surface area contributed by atoms with Crippen molar-refractivity contribution >= 4 is 41.2 Å². The van der Waals surface area contributed by atoms with Gasteiger partial charge in [0.2, 0.25) is 5.91 Å². The molecular formula is C12H18N2OS3. The summed E-state index contributed by atoms with van der Waals surface area (Å²) in [5.41, 5.74) is 1.02. The summed E-state index contributed by atoms with van der Waals surface area (Å²) >= 11 is 8.45. The standard InChI is InChI=1S/C12H18N2OS3/c1-8-9(18-11(16)14-8)6-10(15)13-7-12(17-2)4-3-5-12/h3-7H2,1-2H3,(H,13,15)(H,14,16). The lowest BCUT2D eigenvalue weighted by molar-refractivity contribution is -0.120. The second kappa shape index (κ2) is 5.75. The van der Waals surface area contributed by atoms with E-state index in [-0.39, 0.29) is 5.91 Å². The second-order valence-corrected chi connectivity index (χ2v) is 7.80. The van der Waals surface area contributed by atoms with Gasteiger partial charge in [0.25, 0.3) is 0 Å². The first kappa shape index (κ1) is 14.1. The average molecular weight is 302 g/mol. The van der Waals surface area contributed by atoms with Crippen LogP contribution < -0.4 is 5.32 Å². The lowest BCUT2D eigenvalue weighted by Gasteiger charge is -2.40. The van der Waals surface area contributed by atoms with Crippen LogP contribution in [-0.2, 0) is 11.2 Å². The third-order valence-corrected chi connectivity index (χ3v) is 6.31. The molecule has 6 heteroatoms. The van der Waals surface area contributed by atoms with E-state index in [0.717, 1.165) is 21.1 Å². The molecule has 0 aromatic carbocycles. The third kappa shape index (κ3) is 3.16. The molecule has 100 valence electrons. The number of hydrogen-bond acceptors (Lipinski definition) is 4. The van der Waals surface area contributed by atoms with Crippen molar-refractivity contribution in [2.75, 3.05) is 12.8 Å². The van der Waals surface area contributed by atoms with E-state index in [1.54, 1.807) is 0 Å². The summed E-state index contributed by atoms with van der Waals surface area (Å²) in [4.78, 5) is 16.0. The van der Waals surface area contributed by atoms with Crippen molar-refractivity contribution in [1.29, 1.82) is 0 Å². The predicted molar refractivity (Wildman–Crippen MR) is 81.1 cm³/mol. The predicted octanol–water partition coefficient (Wildman–Crippen LogP) is 3.06. The normalized spacial score (nSPS) is 17.2. The molecule has 0 unspecified atom stereocenters. The van der Waals surface area contributed by atoms with E-state index in [1.165, 1.54) is 30.6 Å². The number of carbonyl (C=O) groups excluding carboxylic acids is 1. The summed E-state index contributed by atoms with van der Waals surface area (Å²) in [5.74, 6) is 0.101. The lowest BCUT2D eigenvalue weighted by atomic mass is 9.84. The molecule has 1 aliphatic carbocycles. The minimum Gasteiger partial charge on any atom is -0.354 e. The first-order valence-electron chi connectivity index (χ1n) is 6.05. The highest BCUT2D eigenvalue weighted by Crippen LogP contribution is 2.42. The molecule has 1 aromatic heterocycles. The Hall–Kier alpha value is -0.330.